The van der Waals surface area contributed by atoms with Gasteiger partial charge in [0.2, 0.25) is 0 Å². The zero-order valence-electron chi connectivity index (χ0n) is 13.9. The number of furan rings is 1. The number of para-hydroxylation sites is 1. The molecule has 0 radical (unpaired) electrons. The Morgan fingerprint density at radius 3 is 2.81 bits per heavy atom. The van der Waals surface area contributed by atoms with Gasteiger partial charge in [-0.25, -0.2) is 14.6 Å². The fraction of sp³-hybridized carbons (Fsp3) is 0.222. The second-order valence-corrected chi connectivity index (χ2v) is 7.12. The number of nitrogens with zero attached hydrogens (tertiary/aromatic N) is 5. The van der Waals surface area contributed by atoms with Crippen molar-refractivity contribution in [1.82, 2.24) is 29.9 Å². The van der Waals surface area contributed by atoms with Gasteiger partial charge < -0.3 is 4.42 Å². The maximum atomic E-state index is 6.04. The molecule has 1 aliphatic carbocycles. The summed E-state index contributed by atoms with van der Waals surface area (Å²) < 4.78 is 7.91. The Kier molecular flexibility index (Phi) is 3.82. The van der Waals surface area contributed by atoms with Gasteiger partial charge in [0, 0.05) is 5.92 Å². The average Bonchev–Trinajstić information content (AvgIpc) is 3.09. The van der Waals surface area contributed by atoms with Crippen LogP contribution in [0.4, 0.5) is 0 Å². The van der Waals surface area contributed by atoms with E-state index in [1.807, 2.05) is 47.1 Å². The Morgan fingerprint density at radius 2 is 2.04 bits per heavy atom. The van der Waals surface area contributed by atoms with E-state index in [0.29, 0.717) is 11.7 Å². The minimum Gasteiger partial charge on any atom is -0.457 e. The molecule has 8 heteroatoms. The van der Waals surface area contributed by atoms with Crippen LogP contribution in [0.15, 0.2) is 58.4 Å². The van der Waals surface area contributed by atoms with Crippen LogP contribution in [-0.4, -0.2) is 29.9 Å². The number of aromatic nitrogens is 6. The predicted molar refractivity (Wildman–Crippen MR) is 97.0 cm³/mol. The molecule has 5 rings (SSSR count). The van der Waals surface area contributed by atoms with E-state index in [2.05, 4.69) is 15.2 Å². The van der Waals surface area contributed by atoms with Gasteiger partial charge in [0.05, 0.1) is 11.4 Å². The monoisotopic (exact) mass is 364 g/mol. The molecule has 0 saturated heterocycles. The third-order valence-electron chi connectivity index (χ3n) is 4.19. The van der Waals surface area contributed by atoms with E-state index in [4.69, 9.17) is 14.5 Å². The number of benzene rings is 1. The van der Waals surface area contributed by atoms with Gasteiger partial charge in [0.15, 0.2) is 22.6 Å². The highest BCUT2D eigenvalue weighted by atomic mass is 32.2. The number of nitrogens with one attached hydrogen (secondary N) is 1. The van der Waals surface area contributed by atoms with Crippen molar-refractivity contribution in [2.24, 2.45) is 0 Å². The molecule has 1 saturated carbocycles. The molecule has 1 aliphatic rings. The van der Waals surface area contributed by atoms with Crippen molar-refractivity contribution in [3.63, 3.8) is 0 Å². The average molecular weight is 364 g/mol. The van der Waals surface area contributed by atoms with Gasteiger partial charge in [-0.2, -0.15) is 10.2 Å². The molecule has 26 heavy (non-hydrogen) atoms. The Morgan fingerprint density at radius 1 is 1.15 bits per heavy atom. The fourth-order valence-corrected chi connectivity index (χ4v) is 3.40. The number of hydrogen-bond acceptors (Lipinski definition) is 6. The van der Waals surface area contributed by atoms with E-state index < -0.39 is 0 Å². The molecule has 3 aromatic heterocycles. The molecule has 1 fully saturated rings. The first kappa shape index (κ1) is 15.4. The van der Waals surface area contributed by atoms with Crippen LogP contribution in [-0.2, 0) is 5.75 Å². The molecule has 7 nitrogen and oxygen atoms in total. The lowest BCUT2D eigenvalue weighted by atomic mass is 10.3. The lowest BCUT2D eigenvalue weighted by molar-refractivity contribution is 0.538. The molecule has 130 valence electrons. The van der Waals surface area contributed by atoms with Crippen LogP contribution in [0, 0.1) is 0 Å². The first-order valence-corrected chi connectivity index (χ1v) is 9.45. The summed E-state index contributed by atoms with van der Waals surface area (Å²) in [4.78, 5) is 8.87. The van der Waals surface area contributed by atoms with Crippen molar-refractivity contribution in [1.29, 1.82) is 0 Å². The summed E-state index contributed by atoms with van der Waals surface area (Å²) in [6.45, 7) is 0. The lowest BCUT2D eigenvalue weighted by Crippen LogP contribution is -1.99. The third-order valence-corrected chi connectivity index (χ3v) is 5.09. The molecule has 4 aromatic rings. The van der Waals surface area contributed by atoms with Crippen molar-refractivity contribution in [3.05, 3.63) is 60.4 Å². The molecule has 1 N–H and O–H groups in total. The van der Waals surface area contributed by atoms with Crippen LogP contribution in [0.2, 0.25) is 0 Å². The minimum atomic E-state index is 0.482. The van der Waals surface area contributed by atoms with E-state index in [1.165, 1.54) is 6.33 Å². The minimum absolute atomic E-state index is 0.482. The number of thioether (sulfide) groups is 1. The fourth-order valence-electron chi connectivity index (χ4n) is 2.73. The quantitative estimate of drug-likeness (QED) is 0.524. The standard InChI is InChI=1S/C18H16N6OS/c1-2-4-13(5-3-1)24-17(21-16(23-24)12-6-7-12)15-9-8-14(25-15)10-26-18-19-11-20-22-18/h1-5,8-9,11-12H,6-7,10H2,(H,19,20,22). The van der Waals surface area contributed by atoms with Crippen molar-refractivity contribution >= 4 is 11.8 Å². The van der Waals surface area contributed by atoms with Gasteiger partial charge >= 0.3 is 0 Å². The lowest BCUT2D eigenvalue weighted by Gasteiger charge is -2.03. The van der Waals surface area contributed by atoms with E-state index in [1.54, 1.807) is 11.8 Å². The zero-order valence-corrected chi connectivity index (χ0v) is 14.7. The Labute approximate surface area is 153 Å². The van der Waals surface area contributed by atoms with Gasteiger partial charge in [-0.05, 0) is 37.1 Å². The van der Waals surface area contributed by atoms with Crippen LogP contribution in [0.1, 0.15) is 30.3 Å². The molecule has 0 aliphatic heterocycles. The van der Waals surface area contributed by atoms with Gasteiger partial charge in [-0.15, -0.1) is 0 Å². The maximum Gasteiger partial charge on any atom is 0.199 e. The number of hydrogen-bond donors (Lipinski definition) is 1. The smallest absolute Gasteiger partial charge is 0.199 e. The van der Waals surface area contributed by atoms with E-state index in [9.17, 15) is 0 Å². The topological polar surface area (TPSA) is 85.4 Å². The summed E-state index contributed by atoms with van der Waals surface area (Å²) in [5, 5.41) is 12.2. The number of H-pyrrole nitrogens is 1. The van der Waals surface area contributed by atoms with Gasteiger partial charge in [-0.3, -0.25) is 5.10 Å². The van der Waals surface area contributed by atoms with Crippen molar-refractivity contribution in [3.8, 4) is 17.3 Å². The first-order valence-electron chi connectivity index (χ1n) is 8.46. The molecule has 0 unspecified atom stereocenters. The Hall–Kier alpha value is -2.87. The summed E-state index contributed by atoms with van der Waals surface area (Å²) in [6.07, 6.45) is 3.82. The SMILES string of the molecule is c1ccc(-n2nc(C3CC3)nc2-c2ccc(CSc3ncn[nH]3)o2)cc1. The van der Waals surface area contributed by atoms with E-state index in [-0.39, 0.29) is 0 Å². The highest BCUT2D eigenvalue weighted by molar-refractivity contribution is 7.98. The van der Waals surface area contributed by atoms with Gasteiger partial charge in [0.25, 0.3) is 0 Å². The molecule has 1 aromatic carbocycles. The highest BCUT2D eigenvalue weighted by Gasteiger charge is 2.30. The zero-order chi connectivity index (χ0) is 17.3. The molecular formula is C18H16N6OS. The van der Waals surface area contributed by atoms with E-state index in [0.717, 1.165) is 46.9 Å². The van der Waals surface area contributed by atoms with Gasteiger partial charge in [0.1, 0.15) is 12.1 Å². The highest BCUT2D eigenvalue weighted by Crippen LogP contribution is 2.39. The maximum absolute atomic E-state index is 6.04. The summed E-state index contributed by atoms with van der Waals surface area (Å²) in [6, 6.07) is 14.0. The van der Waals surface area contributed by atoms with Crippen molar-refractivity contribution in [2.45, 2.75) is 29.7 Å². The van der Waals surface area contributed by atoms with Crippen molar-refractivity contribution in [2.75, 3.05) is 0 Å². The molecule has 0 amide bonds. The van der Waals surface area contributed by atoms with Crippen LogP contribution >= 0.6 is 11.8 Å². The third kappa shape index (κ3) is 3.03. The molecule has 0 spiro atoms. The second kappa shape index (κ2) is 6.45. The normalized spacial score (nSPS) is 14.0. The molecule has 3 heterocycles. The van der Waals surface area contributed by atoms with Crippen LogP contribution in [0.5, 0.6) is 0 Å². The second-order valence-electron chi connectivity index (χ2n) is 6.16. The van der Waals surface area contributed by atoms with Gasteiger partial charge in [-0.1, -0.05) is 30.0 Å². The molecule has 0 bridgehead atoms. The predicted octanol–water partition coefficient (Wildman–Crippen LogP) is 3.82. The summed E-state index contributed by atoms with van der Waals surface area (Å²) in [5.74, 6) is 4.38. The first-order chi connectivity index (χ1) is 12.9. The molecular weight excluding hydrogens is 348 g/mol. The van der Waals surface area contributed by atoms with Crippen LogP contribution in [0.3, 0.4) is 0 Å². The summed E-state index contributed by atoms with van der Waals surface area (Å²) in [7, 11) is 0. The summed E-state index contributed by atoms with van der Waals surface area (Å²) in [5.41, 5.74) is 0.982. The molecule has 0 atom stereocenters. The van der Waals surface area contributed by atoms with Crippen molar-refractivity contribution < 1.29 is 4.42 Å². The van der Waals surface area contributed by atoms with E-state index >= 15 is 0 Å². The van der Waals surface area contributed by atoms with Crippen LogP contribution < -0.4 is 0 Å². The Bertz CT molecular complexity index is 1000. The summed E-state index contributed by atoms with van der Waals surface area (Å²) >= 11 is 1.54. The number of rotatable bonds is 6. The largest absolute Gasteiger partial charge is 0.457 e. The van der Waals surface area contributed by atoms with Crippen LogP contribution in [0.25, 0.3) is 17.3 Å². The Balaban J connectivity index is 1.45. The number of aromatic amines is 1.